The van der Waals surface area contributed by atoms with Crippen LogP contribution < -0.4 is 14.8 Å². The highest BCUT2D eigenvalue weighted by Crippen LogP contribution is 2.21. The van der Waals surface area contributed by atoms with Crippen molar-refractivity contribution in [2.45, 2.75) is 12.8 Å². The highest BCUT2D eigenvalue weighted by Gasteiger charge is 2.13. The number of hydrogen-bond acceptors (Lipinski definition) is 4. The number of hydrogen-bond donors (Lipinski definition) is 2. The summed E-state index contributed by atoms with van der Waals surface area (Å²) in [7, 11) is 1.59. The summed E-state index contributed by atoms with van der Waals surface area (Å²) < 4.78 is 11.2. The molecule has 0 fully saturated rings. The number of ether oxygens (including phenoxy) is 2. The molecule has 0 bridgehead atoms. The van der Waals surface area contributed by atoms with Gasteiger partial charge in [-0.05, 0) is 48.9 Å². The van der Waals surface area contributed by atoms with Crippen LogP contribution in [0.2, 0.25) is 0 Å². The van der Waals surface area contributed by atoms with Crippen LogP contribution >= 0.6 is 15.9 Å². The minimum absolute atomic E-state index is 0.0391. The van der Waals surface area contributed by atoms with E-state index in [2.05, 4.69) is 21.2 Å². The molecule has 0 spiro atoms. The molecule has 2 aromatic rings. The largest absolute Gasteiger partial charge is 0.497 e. The lowest BCUT2D eigenvalue weighted by Gasteiger charge is -2.10. The van der Waals surface area contributed by atoms with Crippen LogP contribution in [0.25, 0.3) is 0 Å². The van der Waals surface area contributed by atoms with Gasteiger partial charge in [0.25, 0.3) is 0 Å². The first-order chi connectivity index (χ1) is 12.0. The zero-order chi connectivity index (χ0) is 18.2. The lowest BCUT2D eigenvalue weighted by atomic mass is 10.1. The average molecular weight is 408 g/mol. The summed E-state index contributed by atoms with van der Waals surface area (Å²) in [6, 6.07) is 11.9. The lowest BCUT2D eigenvalue weighted by molar-refractivity contribution is -0.116. The molecular formula is C18H18BrNO5. The fraction of sp³-hybridized carbons (Fsp3) is 0.222. The molecule has 0 heterocycles. The first kappa shape index (κ1) is 18.8. The second-order valence-electron chi connectivity index (χ2n) is 5.17. The number of benzene rings is 2. The Morgan fingerprint density at radius 1 is 1.12 bits per heavy atom. The summed E-state index contributed by atoms with van der Waals surface area (Å²) in [5.74, 6) is 0.0836. The summed E-state index contributed by atoms with van der Waals surface area (Å²) in [5, 5.41) is 11.8. The van der Waals surface area contributed by atoms with Crippen LogP contribution in [0.4, 0.5) is 5.69 Å². The van der Waals surface area contributed by atoms with E-state index in [1.54, 1.807) is 43.5 Å². The number of carbonyl (C=O) groups excluding carboxylic acids is 1. The van der Waals surface area contributed by atoms with Crippen LogP contribution in [-0.4, -0.2) is 30.7 Å². The molecule has 0 aromatic heterocycles. The van der Waals surface area contributed by atoms with Crippen molar-refractivity contribution >= 4 is 33.5 Å². The Kier molecular flexibility index (Phi) is 6.82. The fourth-order valence-corrected chi connectivity index (χ4v) is 2.47. The fourth-order valence-electron chi connectivity index (χ4n) is 2.11. The van der Waals surface area contributed by atoms with Gasteiger partial charge in [-0.1, -0.05) is 15.9 Å². The SMILES string of the molecule is COc1ccc(OCCCC(=O)Nc2ccc(Br)cc2C(=O)O)cc1. The Bertz CT molecular complexity index is 746. The smallest absolute Gasteiger partial charge is 0.337 e. The molecule has 0 saturated heterocycles. The number of nitrogens with one attached hydrogen (secondary N) is 1. The van der Waals surface area contributed by atoms with Crippen molar-refractivity contribution in [1.29, 1.82) is 0 Å². The van der Waals surface area contributed by atoms with Gasteiger partial charge in [-0.15, -0.1) is 0 Å². The Hall–Kier alpha value is -2.54. The molecule has 2 aromatic carbocycles. The molecule has 0 aliphatic rings. The highest BCUT2D eigenvalue weighted by molar-refractivity contribution is 9.10. The Balaban J connectivity index is 1.80. The summed E-state index contributed by atoms with van der Waals surface area (Å²) in [4.78, 5) is 23.2. The Morgan fingerprint density at radius 2 is 1.80 bits per heavy atom. The number of carboxylic acids is 1. The summed E-state index contributed by atoms with van der Waals surface area (Å²) in [6.45, 7) is 0.381. The van der Waals surface area contributed by atoms with Crippen molar-refractivity contribution in [3.63, 3.8) is 0 Å². The second-order valence-corrected chi connectivity index (χ2v) is 6.09. The molecule has 0 saturated carbocycles. The minimum atomic E-state index is -1.10. The number of rotatable bonds is 8. The molecule has 0 aliphatic heterocycles. The van der Waals surface area contributed by atoms with Gasteiger partial charge in [0.05, 0.1) is 25.0 Å². The number of aromatic carboxylic acids is 1. The van der Waals surface area contributed by atoms with Gasteiger partial charge in [0.2, 0.25) is 5.91 Å². The molecule has 6 nitrogen and oxygen atoms in total. The average Bonchev–Trinajstić information content (AvgIpc) is 2.60. The standard InChI is InChI=1S/C18H18BrNO5/c1-24-13-5-7-14(8-6-13)25-10-2-3-17(21)20-16-9-4-12(19)11-15(16)18(22)23/h4-9,11H,2-3,10H2,1H3,(H,20,21)(H,22,23). The lowest BCUT2D eigenvalue weighted by Crippen LogP contribution is -2.15. The summed E-state index contributed by atoms with van der Waals surface area (Å²) >= 11 is 3.21. The van der Waals surface area contributed by atoms with Crippen molar-refractivity contribution in [3.05, 3.63) is 52.5 Å². The first-order valence-corrected chi connectivity index (χ1v) is 8.38. The molecule has 1 amide bonds. The number of carbonyl (C=O) groups is 2. The normalized spacial score (nSPS) is 10.2. The Morgan fingerprint density at radius 3 is 2.44 bits per heavy atom. The number of carboxylic acid groups (broad SMARTS) is 1. The van der Waals surface area contributed by atoms with Crippen LogP contribution in [0.1, 0.15) is 23.2 Å². The van der Waals surface area contributed by atoms with Gasteiger partial charge in [-0.25, -0.2) is 4.79 Å². The van der Waals surface area contributed by atoms with Crippen LogP contribution in [0, 0.1) is 0 Å². The van der Waals surface area contributed by atoms with E-state index >= 15 is 0 Å². The molecule has 2 N–H and O–H groups in total. The predicted molar refractivity (Wildman–Crippen MR) is 97.5 cm³/mol. The van der Waals surface area contributed by atoms with E-state index in [0.717, 1.165) is 5.75 Å². The Labute approximate surface area is 153 Å². The van der Waals surface area contributed by atoms with Crippen molar-refractivity contribution in [2.75, 3.05) is 19.0 Å². The van der Waals surface area contributed by atoms with E-state index in [0.29, 0.717) is 23.2 Å². The van der Waals surface area contributed by atoms with Gasteiger partial charge >= 0.3 is 5.97 Å². The zero-order valence-corrected chi connectivity index (χ0v) is 15.2. The maximum atomic E-state index is 12.0. The molecule has 0 unspecified atom stereocenters. The van der Waals surface area contributed by atoms with Gasteiger partial charge in [-0.2, -0.15) is 0 Å². The molecular weight excluding hydrogens is 390 g/mol. The first-order valence-electron chi connectivity index (χ1n) is 7.59. The van der Waals surface area contributed by atoms with Gasteiger partial charge in [0.15, 0.2) is 0 Å². The van der Waals surface area contributed by atoms with Crippen molar-refractivity contribution in [2.24, 2.45) is 0 Å². The third-order valence-corrected chi connectivity index (χ3v) is 3.86. The van der Waals surface area contributed by atoms with Gasteiger partial charge < -0.3 is 19.9 Å². The van der Waals surface area contributed by atoms with Crippen LogP contribution in [0.15, 0.2) is 46.9 Å². The second kappa shape index (κ2) is 9.08. The van der Waals surface area contributed by atoms with Crippen LogP contribution in [0.5, 0.6) is 11.5 Å². The molecule has 0 radical (unpaired) electrons. The minimum Gasteiger partial charge on any atom is -0.497 e. The van der Waals surface area contributed by atoms with Crippen LogP contribution in [-0.2, 0) is 4.79 Å². The number of halogens is 1. The number of amides is 1. The van der Waals surface area contributed by atoms with Crippen molar-refractivity contribution in [1.82, 2.24) is 0 Å². The number of methoxy groups -OCH3 is 1. The summed E-state index contributed by atoms with van der Waals surface area (Å²) in [5.41, 5.74) is 0.314. The topological polar surface area (TPSA) is 84.9 Å². The van der Waals surface area contributed by atoms with Crippen molar-refractivity contribution < 1.29 is 24.2 Å². The van der Waals surface area contributed by atoms with Crippen molar-refractivity contribution in [3.8, 4) is 11.5 Å². The zero-order valence-electron chi connectivity index (χ0n) is 13.6. The molecule has 0 aliphatic carbocycles. The van der Waals surface area contributed by atoms with Crippen LogP contribution in [0.3, 0.4) is 0 Å². The molecule has 7 heteroatoms. The van der Waals surface area contributed by atoms with Gasteiger partial charge in [-0.3, -0.25) is 4.79 Å². The van der Waals surface area contributed by atoms with E-state index in [4.69, 9.17) is 9.47 Å². The molecule has 0 atom stereocenters. The highest BCUT2D eigenvalue weighted by atomic mass is 79.9. The monoisotopic (exact) mass is 407 g/mol. The molecule has 2 rings (SSSR count). The van der Waals surface area contributed by atoms with E-state index < -0.39 is 5.97 Å². The third-order valence-electron chi connectivity index (χ3n) is 3.36. The van der Waals surface area contributed by atoms with Gasteiger partial charge in [0, 0.05) is 10.9 Å². The maximum absolute atomic E-state index is 12.0. The van der Waals surface area contributed by atoms with Gasteiger partial charge in [0.1, 0.15) is 11.5 Å². The third kappa shape index (κ3) is 5.79. The molecule has 25 heavy (non-hydrogen) atoms. The van der Waals surface area contributed by atoms with E-state index in [1.165, 1.54) is 6.07 Å². The summed E-state index contributed by atoms with van der Waals surface area (Å²) in [6.07, 6.45) is 0.738. The maximum Gasteiger partial charge on any atom is 0.337 e. The van der Waals surface area contributed by atoms with E-state index in [-0.39, 0.29) is 23.6 Å². The van der Waals surface area contributed by atoms with E-state index in [9.17, 15) is 14.7 Å². The number of anilines is 1. The predicted octanol–water partition coefficient (Wildman–Crippen LogP) is 3.95. The van der Waals surface area contributed by atoms with E-state index in [1.807, 2.05) is 0 Å². The quantitative estimate of drug-likeness (QED) is 0.646. The molecule has 132 valence electrons.